The topological polar surface area (TPSA) is 63.2 Å². The monoisotopic (exact) mass is 335 g/mol. The lowest BCUT2D eigenvalue weighted by atomic mass is 10.2. The fourth-order valence-electron chi connectivity index (χ4n) is 1.73. The molecule has 114 valence electrons. The van der Waals surface area contributed by atoms with Crippen LogP contribution in [0.25, 0.3) is 6.08 Å². The number of carbonyl (C=O) groups is 1. The number of halogens is 1. The van der Waals surface area contributed by atoms with Gasteiger partial charge in [0.2, 0.25) is 5.91 Å². The van der Waals surface area contributed by atoms with E-state index in [2.05, 4.69) is 5.32 Å². The molecular formula is C16H14ClNO3S. The van der Waals surface area contributed by atoms with Crippen molar-refractivity contribution in [3.05, 3.63) is 65.2 Å². The summed E-state index contributed by atoms with van der Waals surface area (Å²) < 4.78 is 22.9. The minimum atomic E-state index is -3.30. The van der Waals surface area contributed by atoms with Crippen molar-refractivity contribution in [1.29, 1.82) is 0 Å². The van der Waals surface area contributed by atoms with Gasteiger partial charge in [-0.25, -0.2) is 8.42 Å². The lowest BCUT2D eigenvalue weighted by molar-refractivity contribution is -0.111. The first-order chi connectivity index (χ1) is 10.3. The summed E-state index contributed by atoms with van der Waals surface area (Å²) in [5.74, 6) is -0.347. The number of rotatable bonds is 4. The molecule has 0 aliphatic heterocycles. The predicted molar refractivity (Wildman–Crippen MR) is 88.7 cm³/mol. The van der Waals surface area contributed by atoms with E-state index in [0.717, 1.165) is 11.8 Å². The van der Waals surface area contributed by atoms with Crippen molar-refractivity contribution in [3.8, 4) is 0 Å². The summed E-state index contributed by atoms with van der Waals surface area (Å²) in [6.45, 7) is 0. The Morgan fingerprint density at radius 2 is 1.82 bits per heavy atom. The van der Waals surface area contributed by atoms with E-state index in [0.29, 0.717) is 10.7 Å². The lowest BCUT2D eigenvalue weighted by Gasteiger charge is -2.04. The van der Waals surface area contributed by atoms with Crippen molar-refractivity contribution in [2.75, 3.05) is 11.6 Å². The summed E-state index contributed by atoms with van der Waals surface area (Å²) in [4.78, 5) is 12.0. The zero-order valence-corrected chi connectivity index (χ0v) is 13.4. The molecule has 0 radical (unpaired) electrons. The summed E-state index contributed by atoms with van der Waals surface area (Å²) >= 11 is 5.78. The summed E-state index contributed by atoms with van der Waals surface area (Å²) in [6.07, 6.45) is 4.14. The highest BCUT2D eigenvalue weighted by atomic mass is 35.5. The minimum absolute atomic E-state index is 0.159. The zero-order valence-electron chi connectivity index (χ0n) is 11.8. The zero-order chi connectivity index (χ0) is 16.2. The van der Waals surface area contributed by atoms with Crippen molar-refractivity contribution in [3.63, 3.8) is 0 Å². The molecule has 0 atom stereocenters. The number of sulfone groups is 1. The predicted octanol–water partition coefficient (Wildman–Crippen LogP) is 3.40. The summed E-state index contributed by atoms with van der Waals surface area (Å²) in [5, 5.41) is 3.24. The van der Waals surface area contributed by atoms with Gasteiger partial charge in [0.25, 0.3) is 0 Å². The van der Waals surface area contributed by atoms with Gasteiger partial charge in [0, 0.05) is 23.0 Å². The Labute approximate surface area is 134 Å². The highest BCUT2D eigenvalue weighted by Crippen LogP contribution is 2.15. The highest BCUT2D eigenvalue weighted by Gasteiger charge is 2.07. The first kappa shape index (κ1) is 16.3. The molecule has 0 aromatic heterocycles. The van der Waals surface area contributed by atoms with E-state index in [9.17, 15) is 13.2 Å². The van der Waals surface area contributed by atoms with Crippen LogP contribution in [0.3, 0.4) is 0 Å². The summed E-state index contributed by atoms with van der Waals surface area (Å²) in [6, 6.07) is 13.1. The molecule has 0 heterocycles. The molecule has 0 unspecified atom stereocenters. The van der Waals surface area contributed by atoms with Gasteiger partial charge in [-0.15, -0.1) is 0 Å². The molecule has 1 amide bonds. The minimum Gasteiger partial charge on any atom is -0.322 e. The van der Waals surface area contributed by atoms with Gasteiger partial charge in [-0.1, -0.05) is 29.8 Å². The van der Waals surface area contributed by atoms with Gasteiger partial charge in [0.05, 0.1) is 4.90 Å². The Bertz CT molecular complexity index is 812. The first-order valence-electron chi connectivity index (χ1n) is 6.39. The van der Waals surface area contributed by atoms with E-state index < -0.39 is 9.84 Å². The molecule has 0 saturated carbocycles. The second-order valence-electron chi connectivity index (χ2n) is 4.67. The molecular weight excluding hydrogens is 322 g/mol. The van der Waals surface area contributed by atoms with Crippen LogP contribution in [0, 0.1) is 0 Å². The van der Waals surface area contributed by atoms with Crippen molar-refractivity contribution in [2.24, 2.45) is 0 Å². The van der Waals surface area contributed by atoms with Crippen LogP contribution in [0.1, 0.15) is 5.56 Å². The SMILES string of the molecule is CS(=O)(=O)c1cccc(NC(=O)/C=C/c2ccc(Cl)cc2)c1. The van der Waals surface area contributed by atoms with Crippen molar-refractivity contribution in [1.82, 2.24) is 0 Å². The third-order valence-corrected chi connectivity index (χ3v) is 4.19. The number of hydrogen-bond acceptors (Lipinski definition) is 3. The molecule has 0 fully saturated rings. The molecule has 2 rings (SSSR count). The van der Waals surface area contributed by atoms with Gasteiger partial charge >= 0.3 is 0 Å². The number of anilines is 1. The van der Waals surface area contributed by atoms with Crippen molar-refractivity contribution < 1.29 is 13.2 Å². The molecule has 4 nitrogen and oxygen atoms in total. The number of benzene rings is 2. The van der Waals surface area contributed by atoms with Gasteiger partial charge in [0.1, 0.15) is 0 Å². The van der Waals surface area contributed by atoms with Crippen LogP contribution in [0.5, 0.6) is 0 Å². The lowest BCUT2D eigenvalue weighted by Crippen LogP contribution is -2.08. The molecule has 1 N–H and O–H groups in total. The third-order valence-electron chi connectivity index (χ3n) is 2.83. The first-order valence-corrected chi connectivity index (χ1v) is 8.66. The number of hydrogen-bond donors (Lipinski definition) is 1. The Hall–Kier alpha value is -2.11. The molecule has 2 aromatic carbocycles. The second kappa shape index (κ2) is 6.77. The van der Waals surface area contributed by atoms with Crippen LogP contribution < -0.4 is 5.32 Å². The van der Waals surface area contributed by atoms with Gasteiger partial charge in [-0.3, -0.25) is 4.79 Å². The highest BCUT2D eigenvalue weighted by molar-refractivity contribution is 7.90. The molecule has 0 saturated heterocycles. The molecule has 0 aliphatic rings. The third kappa shape index (κ3) is 4.72. The largest absolute Gasteiger partial charge is 0.322 e. The van der Waals surface area contributed by atoms with Crippen LogP contribution >= 0.6 is 11.6 Å². The normalized spacial score (nSPS) is 11.5. The number of carbonyl (C=O) groups excluding carboxylic acids is 1. The second-order valence-corrected chi connectivity index (χ2v) is 7.13. The standard InChI is InChI=1S/C16H14ClNO3S/c1-22(20,21)15-4-2-3-14(11-15)18-16(19)10-7-12-5-8-13(17)9-6-12/h2-11H,1H3,(H,18,19)/b10-7+. The number of nitrogens with one attached hydrogen (secondary N) is 1. The van der Waals surface area contributed by atoms with Gasteiger partial charge in [-0.05, 0) is 42.0 Å². The van der Waals surface area contributed by atoms with E-state index in [1.807, 2.05) is 0 Å². The summed E-state index contributed by atoms with van der Waals surface area (Å²) in [7, 11) is -3.30. The fraction of sp³-hybridized carbons (Fsp3) is 0.0625. The molecule has 2 aromatic rings. The maximum atomic E-state index is 11.8. The molecule has 0 bridgehead atoms. The molecule has 22 heavy (non-hydrogen) atoms. The van der Waals surface area contributed by atoms with Crippen LogP contribution in [0.15, 0.2) is 59.5 Å². The number of amides is 1. The van der Waals surface area contributed by atoms with E-state index >= 15 is 0 Å². The molecule has 0 spiro atoms. The van der Waals surface area contributed by atoms with Gasteiger partial charge < -0.3 is 5.32 Å². The maximum Gasteiger partial charge on any atom is 0.248 e. The Morgan fingerprint density at radius 1 is 1.14 bits per heavy atom. The average molecular weight is 336 g/mol. The average Bonchev–Trinajstić information content (AvgIpc) is 2.46. The van der Waals surface area contributed by atoms with Crippen LogP contribution in [-0.4, -0.2) is 20.6 Å². The van der Waals surface area contributed by atoms with Crippen LogP contribution in [0.2, 0.25) is 5.02 Å². The van der Waals surface area contributed by atoms with E-state index in [4.69, 9.17) is 11.6 Å². The van der Waals surface area contributed by atoms with Gasteiger partial charge in [-0.2, -0.15) is 0 Å². The quantitative estimate of drug-likeness (QED) is 0.871. The van der Waals surface area contributed by atoms with E-state index in [1.54, 1.807) is 42.5 Å². The van der Waals surface area contributed by atoms with Crippen LogP contribution in [-0.2, 0) is 14.6 Å². The maximum absolute atomic E-state index is 11.8. The molecule has 6 heteroatoms. The van der Waals surface area contributed by atoms with Crippen molar-refractivity contribution >= 4 is 39.1 Å². The smallest absolute Gasteiger partial charge is 0.248 e. The summed E-state index contributed by atoms with van der Waals surface area (Å²) in [5.41, 5.74) is 1.26. The molecule has 0 aliphatic carbocycles. The van der Waals surface area contributed by atoms with E-state index in [-0.39, 0.29) is 10.8 Å². The Kier molecular flexibility index (Phi) is 5.00. The van der Waals surface area contributed by atoms with E-state index in [1.165, 1.54) is 18.2 Å². The Morgan fingerprint density at radius 3 is 2.45 bits per heavy atom. The Balaban J connectivity index is 2.07. The fourth-order valence-corrected chi connectivity index (χ4v) is 2.53. The van der Waals surface area contributed by atoms with Crippen LogP contribution in [0.4, 0.5) is 5.69 Å². The van der Waals surface area contributed by atoms with Gasteiger partial charge in [0.15, 0.2) is 9.84 Å². The van der Waals surface area contributed by atoms with Crippen molar-refractivity contribution in [2.45, 2.75) is 4.90 Å².